The molecular weight excluding hydrogens is 548 g/mol. The van der Waals surface area contributed by atoms with Gasteiger partial charge in [0.2, 0.25) is 0 Å². The topological polar surface area (TPSA) is 111 Å². The molecule has 3 amide bonds. The zero-order valence-corrected chi connectivity index (χ0v) is 23.4. The summed E-state index contributed by atoms with van der Waals surface area (Å²) in [5.41, 5.74) is 1.66. The van der Waals surface area contributed by atoms with E-state index in [1.165, 1.54) is 0 Å². The van der Waals surface area contributed by atoms with Crippen molar-refractivity contribution >= 4 is 29.3 Å². The molecule has 3 aliphatic heterocycles. The van der Waals surface area contributed by atoms with Crippen LogP contribution in [0.4, 0.5) is 0 Å². The molecule has 0 unspecified atom stereocenters. The van der Waals surface area contributed by atoms with Gasteiger partial charge in [0.15, 0.2) is 6.61 Å². The lowest BCUT2D eigenvalue weighted by Gasteiger charge is -2.21. The number of benzene rings is 2. The van der Waals surface area contributed by atoms with Crippen molar-refractivity contribution in [1.82, 2.24) is 20.1 Å². The van der Waals surface area contributed by atoms with E-state index in [0.717, 1.165) is 18.4 Å². The molecule has 7 rings (SSSR count). The van der Waals surface area contributed by atoms with Gasteiger partial charge < -0.3 is 34.3 Å². The predicted octanol–water partition coefficient (Wildman–Crippen LogP) is 3.18. The molecule has 214 valence electrons. The summed E-state index contributed by atoms with van der Waals surface area (Å²) in [7, 11) is 1.76. The zero-order valence-electron chi connectivity index (χ0n) is 22.6. The van der Waals surface area contributed by atoms with Crippen LogP contribution in [-0.4, -0.2) is 65.6 Å². The molecule has 0 spiro atoms. The second-order valence-corrected chi connectivity index (χ2v) is 11.2. The molecule has 11 heteroatoms. The number of rotatable bonds is 4. The molecule has 1 saturated carbocycles. The van der Waals surface area contributed by atoms with E-state index in [1.807, 2.05) is 24.3 Å². The fourth-order valence-corrected chi connectivity index (χ4v) is 5.23. The van der Waals surface area contributed by atoms with Crippen LogP contribution in [0.15, 0.2) is 54.7 Å². The van der Waals surface area contributed by atoms with E-state index in [1.54, 1.807) is 47.0 Å². The van der Waals surface area contributed by atoms with Crippen molar-refractivity contribution in [3.05, 3.63) is 76.6 Å². The maximum atomic E-state index is 13.6. The summed E-state index contributed by atoms with van der Waals surface area (Å²) in [6.45, 7) is 1.19. The van der Waals surface area contributed by atoms with E-state index in [4.69, 9.17) is 25.8 Å². The van der Waals surface area contributed by atoms with E-state index < -0.39 is 12.1 Å². The third-order valence-corrected chi connectivity index (χ3v) is 7.66. The first-order valence-electron chi connectivity index (χ1n) is 13.7. The number of amides is 3. The average molecular weight is 579 g/mol. The first-order chi connectivity index (χ1) is 19.8. The van der Waals surface area contributed by atoms with Crippen LogP contribution in [0.25, 0.3) is 0 Å². The number of aryl methyl sites for hydroxylation is 1. The Balaban J connectivity index is 1.29. The highest BCUT2D eigenvalue weighted by Gasteiger charge is 2.39. The molecule has 41 heavy (non-hydrogen) atoms. The van der Waals surface area contributed by atoms with E-state index in [2.05, 4.69) is 10.6 Å². The highest BCUT2D eigenvalue weighted by atomic mass is 35.5. The summed E-state index contributed by atoms with van der Waals surface area (Å²) in [4.78, 5) is 41.1. The largest absolute Gasteiger partial charge is 0.493 e. The molecule has 10 nitrogen and oxygen atoms in total. The summed E-state index contributed by atoms with van der Waals surface area (Å²) < 4.78 is 19.7. The van der Waals surface area contributed by atoms with Gasteiger partial charge in [-0.3, -0.25) is 14.4 Å². The first-order valence-corrected chi connectivity index (χ1v) is 14.0. The van der Waals surface area contributed by atoms with Crippen LogP contribution in [0.2, 0.25) is 5.02 Å². The van der Waals surface area contributed by atoms with Crippen molar-refractivity contribution < 1.29 is 28.6 Å². The van der Waals surface area contributed by atoms with Gasteiger partial charge in [-0.25, -0.2) is 0 Å². The number of ether oxygens (including phenoxy) is 3. The normalized spacial score (nSPS) is 20.8. The Morgan fingerprint density at radius 1 is 1.07 bits per heavy atom. The number of likely N-dealkylation sites (tertiary alicyclic amines) is 1. The SMILES string of the molecule is Cn1cc(Cl)cc1C(=O)N1C[C@@H]2NC(=O)c3cc(cc(OCC4CC4)c3)OCC(=O)NCc3ccc(cc3)O[C@H]2C1. The molecule has 2 fully saturated rings. The predicted molar refractivity (Wildman–Crippen MR) is 150 cm³/mol. The highest BCUT2D eigenvalue weighted by molar-refractivity contribution is 6.31. The number of carbonyl (C=O) groups is 3. The van der Waals surface area contributed by atoms with E-state index in [-0.39, 0.29) is 37.4 Å². The molecule has 4 aliphatic rings. The number of nitrogens with one attached hydrogen (secondary N) is 2. The van der Waals surface area contributed by atoms with Gasteiger partial charge in [-0.1, -0.05) is 23.7 Å². The van der Waals surface area contributed by atoms with Gasteiger partial charge >= 0.3 is 0 Å². The first kappa shape index (κ1) is 27.0. The van der Waals surface area contributed by atoms with Gasteiger partial charge in [-0.05, 0) is 54.7 Å². The number of halogens is 1. The quantitative estimate of drug-likeness (QED) is 0.492. The van der Waals surface area contributed by atoms with Crippen LogP contribution in [0, 0.1) is 5.92 Å². The lowest BCUT2D eigenvalue weighted by Crippen LogP contribution is -2.45. The van der Waals surface area contributed by atoms with Gasteiger partial charge in [0.1, 0.15) is 29.0 Å². The van der Waals surface area contributed by atoms with E-state index in [0.29, 0.717) is 52.6 Å². The number of fused-ring (bicyclic) bond motifs is 7. The summed E-state index contributed by atoms with van der Waals surface area (Å²) in [5.74, 6) is 1.09. The molecule has 2 N–H and O–H groups in total. The van der Waals surface area contributed by atoms with Crippen LogP contribution in [0.1, 0.15) is 39.3 Å². The second kappa shape index (κ2) is 11.4. The number of hydrogen-bond acceptors (Lipinski definition) is 6. The minimum absolute atomic E-state index is 0.205. The number of aromatic nitrogens is 1. The molecule has 0 radical (unpaired) electrons. The number of carbonyl (C=O) groups excluding carboxylic acids is 3. The molecule has 1 saturated heterocycles. The smallest absolute Gasteiger partial charge is 0.270 e. The zero-order chi connectivity index (χ0) is 28.5. The lowest BCUT2D eigenvalue weighted by atomic mass is 10.1. The summed E-state index contributed by atoms with van der Waals surface area (Å²) in [6, 6.07) is 13.4. The maximum Gasteiger partial charge on any atom is 0.270 e. The summed E-state index contributed by atoms with van der Waals surface area (Å²) >= 11 is 6.13. The van der Waals surface area contributed by atoms with Crippen molar-refractivity contribution in [3.8, 4) is 17.2 Å². The minimum Gasteiger partial charge on any atom is -0.493 e. The third kappa shape index (κ3) is 6.43. The monoisotopic (exact) mass is 578 g/mol. The molecule has 4 bridgehead atoms. The Hall–Kier alpha value is -4.18. The molecule has 1 aliphatic carbocycles. The lowest BCUT2D eigenvalue weighted by molar-refractivity contribution is -0.123. The van der Waals surface area contributed by atoms with Gasteiger partial charge in [0.25, 0.3) is 17.7 Å². The Morgan fingerprint density at radius 3 is 2.61 bits per heavy atom. The second-order valence-electron chi connectivity index (χ2n) is 10.8. The molecule has 4 heterocycles. The van der Waals surface area contributed by atoms with Gasteiger partial charge in [0.05, 0.1) is 24.2 Å². The molecule has 1 aromatic heterocycles. The van der Waals surface area contributed by atoms with Gasteiger partial charge in [0, 0.05) is 38.0 Å². The van der Waals surface area contributed by atoms with Crippen LogP contribution >= 0.6 is 11.6 Å². The van der Waals surface area contributed by atoms with Crippen molar-refractivity contribution in [2.45, 2.75) is 31.5 Å². The Bertz CT molecular complexity index is 1470. The highest BCUT2D eigenvalue weighted by Crippen LogP contribution is 2.31. The van der Waals surface area contributed by atoms with Crippen molar-refractivity contribution in [3.63, 3.8) is 0 Å². The van der Waals surface area contributed by atoms with Crippen LogP contribution < -0.4 is 24.8 Å². The summed E-state index contributed by atoms with van der Waals surface area (Å²) in [6.07, 6.45) is 3.41. The van der Waals surface area contributed by atoms with Crippen LogP contribution in [0.5, 0.6) is 17.2 Å². The van der Waals surface area contributed by atoms with Gasteiger partial charge in [-0.2, -0.15) is 0 Å². The number of nitrogens with zero attached hydrogens (tertiary/aromatic N) is 2. The minimum atomic E-state index is -0.509. The summed E-state index contributed by atoms with van der Waals surface area (Å²) in [5, 5.41) is 6.37. The Labute approximate surface area is 242 Å². The molecular formula is C30H31ClN4O6. The standard InChI is InChI=1S/C30H31ClN4O6/c1-34-13-21(31)10-26(34)30(38)35-14-25-27(15-35)41-22-6-4-18(5-7-22)12-32-28(36)17-40-24-9-20(29(37)33-25)8-23(11-24)39-16-19-2-3-19/h4-11,13,19,25,27H,2-3,12,14-17H2,1H3,(H,32,36)(H,33,37)/t25-,27-/m0/s1. The van der Waals surface area contributed by atoms with Crippen LogP contribution in [0.3, 0.4) is 0 Å². The van der Waals surface area contributed by atoms with Crippen molar-refractivity contribution in [1.29, 1.82) is 0 Å². The molecule has 3 aromatic rings. The van der Waals surface area contributed by atoms with Crippen molar-refractivity contribution in [2.24, 2.45) is 13.0 Å². The third-order valence-electron chi connectivity index (χ3n) is 7.46. The fraction of sp³-hybridized carbons (Fsp3) is 0.367. The number of hydrogen-bond donors (Lipinski definition) is 2. The van der Waals surface area contributed by atoms with E-state index >= 15 is 0 Å². The Kier molecular flexibility index (Phi) is 7.49. The average Bonchev–Trinajstić information content (AvgIpc) is 3.62. The van der Waals surface area contributed by atoms with E-state index in [9.17, 15) is 14.4 Å². The fourth-order valence-electron chi connectivity index (χ4n) is 4.98. The molecule has 2 atom stereocenters. The Morgan fingerprint density at radius 2 is 1.88 bits per heavy atom. The molecule has 2 aromatic carbocycles. The maximum absolute atomic E-state index is 13.6. The van der Waals surface area contributed by atoms with Crippen LogP contribution in [-0.2, 0) is 18.4 Å². The van der Waals surface area contributed by atoms with Crippen molar-refractivity contribution in [2.75, 3.05) is 26.3 Å². The van der Waals surface area contributed by atoms with Gasteiger partial charge in [-0.15, -0.1) is 0 Å².